The van der Waals surface area contributed by atoms with Gasteiger partial charge in [0.15, 0.2) is 4.34 Å². The first-order valence-corrected chi connectivity index (χ1v) is 8.01. The van der Waals surface area contributed by atoms with Gasteiger partial charge >= 0.3 is 0 Å². The molecule has 1 N–H and O–H groups in total. The molecule has 0 fully saturated rings. The van der Waals surface area contributed by atoms with Gasteiger partial charge in [0.25, 0.3) is 0 Å². The highest BCUT2D eigenvalue weighted by atomic mass is 79.9. The maximum atomic E-state index is 11.8. The predicted molar refractivity (Wildman–Crippen MR) is 79.9 cm³/mol. The number of halogens is 1. The maximum Gasteiger partial charge on any atom is 0.235 e. The number of anilines is 1. The molecular formula is C10H7BrN6OS2. The number of hydrogen-bond donors (Lipinski definition) is 1. The number of pyridine rings is 1. The fourth-order valence-corrected chi connectivity index (χ4v) is 3.25. The van der Waals surface area contributed by atoms with Crippen LogP contribution in [0.5, 0.6) is 0 Å². The topological polar surface area (TPSA) is 85.1 Å². The molecule has 0 saturated carbocycles. The minimum Gasteiger partial charge on any atom is -0.310 e. The SMILES string of the molecule is O=C(CSc1nn2cnnc2s1)Nc1ccc(Br)cn1. The van der Waals surface area contributed by atoms with Gasteiger partial charge in [-0.3, -0.25) is 4.79 Å². The van der Waals surface area contributed by atoms with Crippen molar-refractivity contribution < 1.29 is 4.79 Å². The number of aromatic nitrogens is 5. The Labute approximate surface area is 129 Å². The van der Waals surface area contributed by atoms with E-state index in [4.69, 9.17) is 0 Å². The van der Waals surface area contributed by atoms with Gasteiger partial charge in [0, 0.05) is 10.7 Å². The van der Waals surface area contributed by atoms with Crippen LogP contribution in [0.15, 0.2) is 33.5 Å². The van der Waals surface area contributed by atoms with Crippen molar-refractivity contribution in [2.45, 2.75) is 4.34 Å². The number of hydrogen-bond acceptors (Lipinski definition) is 7. The summed E-state index contributed by atoms with van der Waals surface area (Å²) < 4.78 is 3.22. The lowest BCUT2D eigenvalue weighted by atomic mass is 10.4. The average molecular weight is 371 g/mol. The summed E-state index contributed by atoms with van der Waals surface area (Å²) in [6.45, 7) is 0. The maximum absolute atomic E-state index is 11.8. The minimum absolute atomic E-state index is 0.129. The van der Waals surface area contributed by atoms with E-state index >= 15 is 0 Å². The molecule has 0 unspecified atom stereocenters. The quantitative estimate of drug-likeness (QED) is 0.707. The zero-order valence-electron chi connectivity index (χ0n) is 9.86. The molecule has 0 saturated heterocycles. The van der Waals surface area contributed by atoms with Crippen LogP contribution in [0, 0.1) is 0 Å². The number of amides is 1. The van der Waals surface area contributed by atoms with Crippen LogP contribution in [0.2, 0.25) is 0 Å². The lowest BCUT2D eigenvalue weighted by molar-refractivity contribution is -0.113. The molecule has 20 heavy (non-hydrogen) atoms. The highest BCUT2D eigenvalue weighted by molar-refractivity contribution is 9.10. The van der Waals surface area contributed by atoms with Gasteiger partial charge in [-0.05, 0) is 28.1 Å². The first kappa shape index (κ1) is 13.5. The summed E-state index contributed by atoms with van der Waals surface area (Å²) in [5, 5.41) is 14.6. The number of fused-ring (bicyclic) bond motifs is 1. The molecule has 3 aromatic heterocycles. The Hall–Kier alpha value is -1.52. The van der Waals surface area contributed by atoms with Gasteiger partial charge in [0.1, 0.15) is 12.1 Å². The van der Waals surface area contributed by atoms with E-state index in [9.17, 15) is 4.79 Å². The number of thioether (sulfide) groups is 1. The molecule has 0 aromatic carbocycles. The smallest absolute Gasteiger partial charge is 0.235 e. The summed E-state index contributed by atoms with van der Waals surface area (Å²) in [5.41, 5.74) is 0. The minimum atomic E-state index is -0.129. The van der Waals surface area contributed by atoms with E-state index in [1.54, 1.807) is 16.8 Å². The predicted octanol–water partition coefficient (Wildman–Crippen LogP) is 2.07. The average Bonchev–Trinajstić information content (AvgIpc) is 3.00. The molecule has 3 rings (SSSR count). The van der Waals surface area contributed by atoms with Crippen LogP contribution in [-0.4, -0.2) is 36.5 Å². The van der Waals surface area contributed by atoms with E-state index < -0.39 is 0 Å². The Morgan fingerprint density at radius 3 is 3.15 bits per heavy atom. The van der Waals surface area contributed by atoms with Crippen LogP contribution in [0.3, 0.4) is 0 Å². The molecule has 0 aliphatic heterocycles. The summed E-state index contributed by atoms with van der Waals surface area (Å²) in [4.78, 5) is 16.6. The van der Waals surface area contributed by atoms with Crippen LogP contribution >= 0.6 is 39.0 Å². The number of carbonyl (C=O) groups excluding carboxylic acids is 1. The van der Waals surface area contributed by atoms with Crippen molar-refractivity contribution in [3.8, 4) is 0 Å². The third-order valence-corrected chi connectivity index (χ3v) is 4.71. The first-order chi connectivity index (χ1) is 9.70. The van der Waals surface area contributed by atoms with Crippen molar-refractivity contribution >= 4 is 55.7 Å². The second-order valence-electron chi connectivity index (χ2n) is 3.62. The van der Waals surface area contributed by atoms with Gasteiger partial charge < -0.3 is 5.32 Å². The normalized spacial score (nSPS) is 10.8. The van der Waals surface area contributed by atoms with Crippen LogP contribution in [-0.2, 0) is 4.79 Å². The number of nitrogens with zero attached hydrogens (tertiary/aromatic N) is 5. The van der Waals surface area contributed by atoms with Crippen LogP contribution in [0.1, 0.15) is 0 Å². The Kier molecular flexibility index (Phi) is 3.94. The molecule has 0 atom stereocenters. The second kappa shape index (κ2) is 5.85. The number of rotatable bonds is 4. The monoisotopic (exact) mass is 370 g/mol. The molecule has 102 valence electrons. The zero-order valence-corrected chi connectivity index (χ0v) is 13.1. The Balaban J connectivity index is 1.56. The lowest BCUT2D eigenvalue weighted by Crippen LogP contribution is -2.14. The summed E-state index contributed by atoms with van der Waals surface area (Å²) in [7, 11) is 0. The van der Waals surface area contributed by atoms with Crippen molar-refractivity contribution in [3.05, 3.63) is 29.1 Å². The summed E-state index contributed by atoms with van der Waals surface area (Å²) in [6.07, 6.45) is 3.16. The van der Waals surface area contributed by atoms with E-state index in [0.717, 1.165) is 8.81 Å². The molecule has 0 spiro atoms. The van der Waals surface area contributed by atoms with Crippen molar-refractivity contribution in [3.63, 3.8) is 0 Å². The van der Waals surface area contributed by atoms with E-state index in [-0.39, 0.29) is 11.7 Å². The van der Waals surface area contributed by atoms with Gasteiger partial charge in [-0.15, -0.1) is 15.3 Å². The molecule has 7 nitrogen and oxygen atoms in total. The Morgan fingerprint density at radius 2 is 2.40 bits per heavy atom. The van der Waals surface area contributed by atoms with Gasteiger partial charge in [0.05, 0.1) is 5.75 Å². The van der Waals surface area contributed by atoms with Crippen molar-refractivity contribution in [1.29, 1.82) is 0 Å². The number of carbonyl (C=O) groups is 1. The van der Waals surface area contributed by atoms with Gasteiger partial charge in [0.2, 0.25) is 10.9 Å². The molecule has 0 aliphatic rings. The van der Waals surface area contributed by atoms with Crippen molar-refractivity contribution in [2.24, 2.45) is 0 Å². The standard InChI is InChI=1S/C10H7BrN6OS2/c11-6-1-2-7(12-3-6)14-8(18)4-19-10-16-17-5-13-15-9(17)20-10/h1-3,5H,4H2,(H,12,14,18). The molecular weight excluding hydrogens is 364 g/mol. The fraction of sp³-hybridized carbons (Fsp3) is 0.100. The molecule has 0 bridgehead atoms. The van der Waals surface area contributed by atoms with E-state index in [0.29, 0.717) is 10.8 Å². The molecule has 0 radical (unpaired) electrons. The third kappa shape index (κ3) is 3.14. The van der Waals surface area contributed by atoms with Gasteiger partial charge in [-0.25, -0.2) is 4.98 Å². The van der Waals surface area contributed by atoms with Gasteiger partial charge in [-0.1, -0.05) is 23.1 Å². The zero-order chi connectivity index (χ0) is 13.9. The molecule has 3 aromatic rings. The van der Waals surface area contributed by atoms with E-state index in [1.165, 1.54) is 29.4 Å². The van der Waals surface area contributed by atoms with Crippen LogP contribution < -0.4 is 5.32 Å². The Morgan fingerprint density at radius 1 is 1.50 bits per heavy atom. The summed E-state index contributed by atoms with van der Waals surface area (Å²) in [5.74, 6) is 0.662. The molecule has 1 amide bonds. The number of nitrogens with one attached hydrogen (secondary N) is 1. The van der Waals surface area contributed by atoms with Gasteiger partial charge in [-0.2, -0.15) is 4.52 Å². The van der Waals surface area contributed by atoms with Crippen molar-refractivity contribution in [2.75, 3.05) is 11.1 Å². The first-order valence-electron chi connectivity index (χ1n) is 5.42. The molecule has 0 aliphatic carbocycles. The lowest BCUT2D eigenvalue weighted by Gasteiger charge is -2.02. The van der Waals surface area contributed by atoms with Crippen LogP contribution in [0.25, 0.3) is 4.96 Å². The molecule has 10 heteroatoms. The van der Waals surface area contributed by atoms with E-state index in [2.05, 4.69) is 41.5 Å². The molecule has 3 heterocycles. The van der Waals surface area contributed by atoms with Crippen molar-refractivity contribution in [1.82, 2.24) is 24.8 Å². The highest BCUT2D eigenvalue weighted by Crippen LogP contribution is 2.23. The Bertz CT molecular complexity index is 711. The largest absolute Gasteiger partial charge is 0.310 e. The summed E-state index contributed by atoms with van der Waals surface area (Å²) in [6, 6.07) is 3.55. The van der Waals surface area contributed by atoms with Crippen LogP contribution in [0.4, 0.5) is 5.82 Å². The summed E-state index contributed by atoms with van der Waals surface area (Å²) >= 11 is 6.03. The fourth-order valence-electron chi connectivity index (χ4n) is 1.36. The van der Waals surface area contributed by atoms with E-state index in [1.807, 2.05) is 6.07 Å². The third-order valence-electron chi connectivity index (χ3n) is 2.19. The second-order valence-corrected chi connectivity index (χ2v) is 6.72. The highest BCUT2D eigenvalue weighted by Gasteiger charge is 2.09.